The Morgan fingerprint density at radius 3 is 2.62 bits per heavy atom. The first-order chi connectivity index (χ1) is 6.15. The van der Waals surface area contributed by atoms with Gasteiger partial charge in [-0.2, -0.15) is 8.78 Å². The van der Waals surface area contributed by atoms with Crippen molar-refractivity contribution in [3.05, 3.63) is 24.0 Å². The predicted octanol–water partition coefficient (Wildman–Crippen LogP) is 3.36. The van der Waals surface area contributed by atoms with Gasteiger partial charge in [-0.15, -0.1) is 11.7 Å². The molecule has 1 rings (SSSR count). The average molecular weight is 226 g/mol. The van der Waals surface area contributed by atoms with Crippen LogP contribution in [0.1, 0.15) is 0 Å². The van der Waals surface area contributed by atoms with Crippen molar-refractivity contribution in [3.63, 3.8) is 0 Å². The van der Waals surface area contributed by atoms with Crippen molar-refractivity contribution in [1.82, 2.24) is 0 Å². The van der Waals surface area contributed by atoms with Gasteiger partial charge in [0.1, 0.15) is 0 Å². The molecule has 0 fully saturated rings. The van der Waals surface area contributed by atoms with Gasteiger partial charge in [0.25, 0.3) is 0 Å². The van der Waals surface area contributed by atoms with Crippen LogP contribution in [0.15, 0.2) is 23.1 Å². The molecule has 1 nitrogen and oxygen atoms in total. The molecule has 0 atom stereocenters. The maximum atomic E-state index is 12.9. The molecule has 0 radical (unpaired) electrons. The lowest BCUT2D eigenvalue weighted by Gasteiger charge is -2.08. The largest absolute Gasteiger partial charge is 0.430 e. The molecule has 0 aromatic heterocycles. The first kappa shape index (κ1) is 10.6. The highest BCUT2D eigenvalue weighted by molar-refractivity contribution is 8.68. The van der Waals surface area contributed by atoms with Crippen molar-refractivity contribution in [2.45, 2.75) is 11.5 Å². The fourth-order valence-corrected chi connectivity index (χ4v) is 1.56. The molecular formula is C7H5F3OS2. The Kier molecular flexibility index (Phi) is 3.80. The third-order valence-electron chi connectivity index (χ3n) is 1.24. The van der Waals surface area contributed by atoms with Crippen LogP contribution < -0.4 is 4.74 Å². The van der Waals surface area contributed by atoms with Crippen LogP contribution in [0.2, 0.25) is 0 Å². The highest BCUT2D eigenvalue weighted by atomic mass is 33.1. The number of para-hydroxylation sites is 1. The van der Waals surface area contributed by atoms with Crippen LogP contribution in [0, 0.1) is 5.82 Å². The van der Waals surface area contributed by atoms with Crippen LogP contribution in [0.5, 0.6) is 5.75 Å². The van der Waals surface area contributed by atoms with Crippen molar-refractivity contribution in [2.75, 3.05) is 0 Å². The SMILES string of the molecule is Fc1cccc(SS)c1OC(F)F. The van der Waals surface area contributed by atoms with Crippen molar-refractivity contribution in [3.8, 4) is 5.75 Å². The Hall–Kier alpha value is -0.490. The summed E-state index contributed by atoms with van der Waals surface area (Å²) >= 11 is 3.77. The molecule has 0 bridgehead atoms. The van der Waals surface area contributed by atoms with Crippen LogP contribution in [0.25, 0.3) is 0 Å². The molecule has 13 heavy (non-hydrogen) atoms. The minimum absolute atomic E-state index is 0.226. The summed E-state index contributed by atoms with van der Waals surface area (Å²) in [5, 5.41) is 0. The average Bonchev–Trinajstić information content (AvgIpc) is 2.08. The monoisotopic (exact) mass is 226 g/mol. The smallest absolute Gasteiger partial charge is 0.387 e. The Bertz CT molecular complexity index is 293. The molecule has 0 aliphatic heterocycles. The summed E-state index contributed by atoms with van der Waals surface area (Å²) in [5.74, 6) is -1.28. The summed E-state index contributed by atoms with van der Waals surface area (Å²) in [7, 11) is 0.848. The third-order valence-corrected chi connectivity index (χ3v) is 2.34. The molecule has 0 aliphatic carbocycles. The first-order valence-corrected chi connectivity index (χ1v) is 5.06. The van der Waals surface area contributed by atoms with Crippen LogP contribution in [0.3, 0.4) is 0 Å². The van der Waals surface area contributed by atoms with E-state index in [0.717, 1.165) is 16.9 Å². The van der Waals surface area contributed by atoms with Gasteiger partial charge in [-0.25, -0.2) is 4.39 Å². The Morgan fingerprint density at radius 2 is 2.08 bits per heavy atom. The quantitative estimate of drug-likeness (QED) is 0.625. The molecule has 0 unspecified atom stereocenters. The van der Waals surface area contributed by atoms with Gasteiger partial charge in [0, 0.05) is 0 Å². The van der Waals surface area contributed by atoms with Gasteiger partial charge in [-0.3, -0.25) is 0 Å². The molecule has 0 saturated heterocycles. The van der Waals surface area contributed by atoms with Gasteiger partial charge in [-0.1, -0.05) is 16.9 Å². The summed E-state index contributed by atoms with van der Waals surface area (Å²) in [6.45, 7) is -3.03. The maximum absolute atomic E-state index is 12.9. The van der Waals surface area contributed by atoms with E-state index in [2.05, 4.69) is 16.4 Å². The van der Waals surface area contributed by atoms with E-state index in [1.165, 1.54) is 12.1 Å². The van der Waals surface area contributed by atoms with E-state index in [1.54, 1.807) is 0 Å². The van der Waals surface area contributed by atoms with Gasteiger partial charge in [0.05, 0.1) is 4.90 Å². The van der Waals surface area contributed by atoms with Gasteiger partial charge in [-0.05, 0) is 12.1 Å². The molecule has 6 heteroatoms. The summed E-state index contributed by atoms with van der Waals surface area (Å²) in [6, 6.07) is 3.88. The molecular weight excluding hydrogens is 221 g/mol. The molecule has 1 aromatic rings. The molecule has 0 heterocycles. The summed E-state index contributed by atoms with van der Waals surface area (Å²) < 4.78 is 40.5. The van der Waals surface area contributed by atoms with E-state index < -0.39 is 18.2 Å². The lowest BCUT2D eigenvalue weighted by molar-refractivity contribution is -0.0540. The number of ether oxygens (including phenoxy) is 1. The number of halogens is 3. The van der Waals surface area contributed by atoms with E-state index >= 15 is 0 Å². The number of hydrogen-bond donors (Lipinski definition) is 1. The van der Waals surface area contributed by atoms with Crippen molar-refractivity contribution in [1.29, 1.82) is 0 Å². The zero-order chi connectivity index (χ0) is 9.84. The van der Waals surface area contributed by atoms with E-state index in [0.29, 0.717) is 0 Å². The van der Waals surface area contributed by atoms with Gasteiger partial charge >= 0.3 is 6.61 Å². The second-order valence-corrected chi connectivity index (χ2v) is 3.21. The Balaban J connectivity index is 3.00. The van der Waals surface area contributed by atoms with E-state index in [9.17, 15) is 13.2 Å². The topological polar surface area (TPSA) is 9.23 Å². The number of rotatable bonds is 3. The fourth-order valence-electron chi connectivity index (χ4n) is 0.764. The predicted molar refractivity (Wildman–Crippen MR) is 47.9 cm³/mol. The van der Waals surface area contributed by atoms with E-state index in [4.69, 9.17) is 0 Å². The minimum Gasteiger partial charge on any atom is -0.430 e. The molecule has 0 aliphatic rings. The normalized spacial score (nSPS) is 10.5. The fraction of sp³-hybridized carbons (Fsp3) is 0.143. The molecule has 0 amide bonds. The van der Waals surface area contributed by atoms with Gasteiger partial charge in [0.2, 0.25) is 0 Å². The zero-order valence-electron chi connectivity index (χ0n) is 6.21. The summed E-state index contributed by atoms with van der Waals surface area (Å²) in [4.78, 5) is 0.226. The van der Waals surface area contributed by atoms with Crippen LogP contribution >= 0.6 is 22.5 Å². The second kappa shape index (κ2) is 4.66. The highest BCUT2D eigenvalue weighted by Gasteiger charge is 2.13. The van der Waals surface area contributed by atoms with Crippen molar-refractivity contribution in [2.24, 2.45) is 0 Å². The number of hydrogen-bond acceptors (Lipinski definition) is 3. The van der Waals surface area contributed by atoms with Gasteiger partial charge in [0.15, 0.2) is 11.6 Å². The zero-order valence-corrected chi connectivity index (χ0v) is 7.92. The second-order valence-electron chi connectivity index (χ2n) is 2.04. The number of thiol groups is 1. The molecule has 0 N–H and O–H groups in total. The Labute approximate surface area is 82.1 Å². The number of benzene rings is 1. The summed E-state index contributed by atoms with van der Waals surface area (Å²) in [5.41, 5.74) is 0. The van der Waals surface area contributed by atoms with Crippen LogP contribution in [-0.2, 0) is 0 Å². The molecule has 1 aromatic carbocycles. The van der Waals surface area contributed by atoms with Gasteiger partial charge < -0.3 is 4.74 Å². The maximum Gasteiger partial charge on any atom is 0.387 e. The molecule has 72 valence electrons. The number of alkyl halides is 2. The van der Waals surface area contributed by atoms with Crippen LogP contribution in [-0.4, -0.2) is 6.61 Å². The van der Waals surface area contributed by atoms with Crippen molar-refractivity contribution < 1.29 is 17.9 Å². The van der Waals surface area contributed by atoms with Crippen LogP contribution in [0.4, 0.5) is 13.2 Å². The molecule has 0 spiro atoms. The molecule has 0 saturated carbocycles. The Morgan fingerprint density at radius 1 is 1.38 bits per heavy atom. The lowest BCUT2D eigenvalue weighted by Crippen LogP contribution is -2.04. The standard InChI is InChI=1S/C7H5F3OS2/c8-4-2-1-3-5(13-12)6(4)11-7(9)10/h1-3,7,12H. The first-order valence-electron chi connectivity index (χ1n) is 3.20. The van der Waals surface area contributed by atoms with E-state index in [1.807, 2.05) is 0 Å². The highest BCUT2D eigenvalue weighted by Crippen LogP contribution is 2.34. The van der Waals surface area contributed by atoms with Crippen molar-refractivity contribution >= 4 is 22.5 Å². The third kappa shape index (κ3) is 2.73. The van der Waals surface area contributed by atoms with E-state index in [-0.39, 0.29) is 4.90 Å². The lowest BCUT2D eigenvalue weighted by atomic mass is 10.3. The minimum atomic E-state index is -3.03. The summed E-state index contributed by atoms with van der Waals surface area (Å²) in [6.07, 6.45) is 0.